The minimum Gasteiger partial charge on any atom is -0.469 e. The molecule has 1 heterocycles. The number of hydrogen-bond donors (Lipinski definition) is 2. The van der Waals surface area contributed by atoms with E-state index >= 15 is 0 Å². The predicted molar refractivity (Wildman–Crippen MR) is 73.1 cm³/mol. The average molecular weight is 260 g/mol. The average Bonchev–Trinajstić information content (AvgIpc) is 2.83. The number of carbonyl (C=O) groups is 1. The van der Waals surface area contributed by atoms with Crippen LogP contribution < -0.4 is 10.6 Å². The first-order valence-corrected chi connectivity index (χ1v) is 5.96. The first kappa shape index (κ1) is 13.2. The first-order chi connectivity index (χ1) is 9.13. The van der Waals surface area contributed by atoms with Gasteiger partial charge in [0, 0.05) is 6.54 Å². The summed E-state index contributed by atoms with van der Waals surface area (Å²) in [5.74, 6) is 0.414. The molecular formula is C14H16N2O3. The van der Waals surface area contributed by atoms with Gasteiger partial charge in [-0.25, -0.2) is 0 Å². The highest BCUT2D eigenvalue weighted by molar-refractivity contribution is 6.07. The second kappa shape index (κ2) is 5.58. The highest BCUT2D eigenvalue weighted by atomic mass is 16.3. The van der Waals surface area contributed by atoms with E-state index in [4.69, 9.17) is 15.3 Å². The Bertz CT molecular complexity index is 578. The Morgan fingerprint density at radius 3 is 2.74 bits per heavy atom. The Kier molecular flexibility index (Phi) is 3.87. The van der Waals surface area contributed by atoms with Gasteiger partial charge in [-0.3, -0.25) is 4.79 Å². The monoisotopic (exact) mass is 260 g/mol. The molecule has 0 aliphatic heterocycles. The topological polar surface area (TPSA) is 79.7 Å². The summed E-state index contributed by atoms with van der Waals surface area (Å²) in [4.78, 5) is 13.8. The normalized spacial score (nSPS) is 10.4. The predicted octanol–water partition coefficient (Wildman–Crippen LogP) is 1.81. The van der Waals surface area contributed by atoms with Crippen LogP contribution in [0.4, 0.5) is 11.4 Å². The molecule has 5 nitrogen and oxygen atoms in total. The number of amides is 1. The van der Waals surface area contributed by atoms with Crippen LogP contribution in [0, 0.1) is 6.92 Å². The maximum Gasteiger partial charge on any atom is 0.261 e. The molecule has 2 aromatic rings. The number of benzene rings is 1. The lowest BCUT2D eigenvalue weighted by Crippen LogP contribution is -2.33. The van der Waals surface area contributed by atoms with E-state index in [9.17, 15) is 4.79 Å². The minimum atomic E-state index is -0.246. The zero-order valence-corrected chi connectivity index (χ0v) is 10.7. The van der Waals surface area contributed by atoms with Crippen LogP contribution in [0.2, 0.25) is 0 Å². The third kappa shape index (κ3) is 2.77. The number of hydrogen-bond acceptors (Lipinski definition) is 4. The fourth-order valence-corrected chi connectivity index (χ4v) is 1.88. The third-order valence-corrected chi connectivity index (χ3v) is 2.77. The van der Waals surface area contributed by atoms with E-state index in [0.29, 0.717) is 22.7 Å². The van der Waals surface area contributed by atoms with Crippen molar-refractivity contribution in [2.75, 3.05) is 23.8 Å². The number of aliphatic hydroxyl groups excluding tert-OH is 1. The number of nitrogens with zero attached hydrogens (tertiary/aromatic N) is 1. The highest BCUT2D eigenvalue weighted by Crippen LogP contribution is 2.24. The molecule has 0 saturated carbocycles. The number of aliphatic hydroxyl groups is 1. The summed E-state index contributed by atoms with van der Waals surface area (Å²) in [6, 6.07) is 8.71. The van der Waals surface area contributed by atoms with E-state index in [2.05, 4.69) is 0 Å². The molecule has 2 rings (SSSR count). The lowest BCUT2D eigenvalue weighted by atomic mass is 10.2. The summed E-state index contributed by atoms with van der Waals surface area (Å²) in [5, 5.41) is 9.13. The molecule has 0 aliphatic carbocycles. The minimum absolute atomic E-state index is 0.142. The van der Waals surface area contributed by atoms with Gasteiger partial charge in [0.25, 0.3) is 5.91 Å². The van der Waals surface area contributed by atoms with E-state index < -0.39 is 0 Å². The van der Waals surface area contributed by atoms with Crippen molar-refractivity contribution in [3.8, 4) is 0 Å². The van der Waals surface area contributed by atoms with Crippen molar-refractivity contribution in [3.63, 3.8) is 0 Å². The van der Waals surface area contributed by atoms with Crippen LogP contribution in [0.5, 0.6) is 0 Å². The molecular weight excluding hydrogens is 244 g/mol. The van der Waals surface area contributed by atoms with Crippen molar-refractivity contribution < 1.29 is 14.3 Å². The van der Waals surface area contributed by atoms with Crippen molar-refractivity contribution in [2.24, 2.45) is 0 Å². The lowest BCUT2D eigenvalue weighted by Gasteiger charge is -2.22. The summed E-state index contributed by atoms with van der Waals surface area (Å²) >= 11 is 0. The highest BCUT2D eigenvalue weighted by Gasteiger charge is 2.20. The summed E-state index contributed by atoms with van der Waals surface area (Å²) in [6.45, 7) is 1.80. The summed E-state index contributed by atoms with van der Waals surface area (Å²) in [6.07, 6.45) is 1.40. The van der Waals surface area contributed by atoms with Crippen LogP contribution in [0.3, 0.4) is 0 Å². The maximum atomic E-state index is 12.4. The van der Waals surface area contributed by atoms with Crippen LogP contribution in [0.25, 0.3) is 0 Å². The molecule has 0 fully saturated rings. The number of para-hydroxylation sites is 2. The second-order valence-electron chi connectivity index (χ2n) is 4.19. The third-order valence-electron chi connectivity index (χ3n) is 2.77. The van der Waals surface area contributed by atoms with Crippen LogP contribution >= 0.6 is 0 Å². The molecule has 3 N–H and O–H groups in total. The van der Waals surface area contributed by atoms with Gasteiger partial charge in [-0.05, 0) is 25.1 Å². The van der Waals surface area contributed by atoms with Gasteiger partial charge in [0.1, 0.15) is 12.0 Å². The molecule has 1 amide bonds. The maximum absolute atomic E-state index is 12.4. The molecule has 0 radical (unpaired) electrons. The quantitative estimate of drug-likeness (QED) is 0.822. The van der Waals surface area contributed by atoms with Crippen LogP contribution in [-0.2, 0) is 0 Å². The molecule has 1 aromatic carbocycles. The Morgan fingerprint density at radius 2 is 2.16 bits per heavy atom. The fraction of sp³-hybridized carbons (Fsp3) is 0.214. The van der Waals surface area contributed by atoms with Crippen LogP contribution in [0.15, 0.2) is 41.0 Å². The SMILES string of the molecule is Cc1cc(C(=O)N(CCO)c2ccccc2N)co1. The zero-order valence-electron chi connectivity index (χ0n) is 10.7. The molecule has 1 aromatic heterocycles. The van der Waals surface area contributed by atoms with Gasteiger partial charge in [0.2, 0.25) is 0 Å². The van der Waals surface area contributed by atoms with Crippen LogP contribution in [-0.4, -0.2) is 24.2 Å². The number of aryl methyl sites for hydroxylation is 1. The number of rotatable bonds is 4. The van der Waals surface area contributed by atoms with Crippen molar-refractivity contribution in [1.29, 1.82) is 0 Å². The molecule has 0 unspecified atom stereocenters. The number of furan rings is 1. The lowest BCUT2D eigenvalue weighted by molar-refractivity contribution is 0.0980. The second-order valence-corrected chi connectivity index (χ2v) is 4.19. The molecule has 19 heavy (non-hydrogen) atoms. The number of nitrogen functional groups attached to an aromatic ring is 1. The van der Waals surface area contributed by atoms with E-state index in [1.165, 1.54) is 11.2 Å². The van der Waals surface area contributed by atoms with Gasteiger partial charge in [0.15, 0.2) is 0 Å². The number of nitrogens with two attached hydrogens (primary N) is 1. The van der Waals surface area contributed by atoms with E-state index in [1.807, 2.05) is 0 Å². The largest absolute Gasteiger partial charge is 0.469 e. The van der Waals surface area contributed by atoms with Gasteiger partial charge >= 0.3 is 0 Å². The zero-order chi connectivity index (χ0) is 13.8. The van der Waals surface area contributed by atoms with Crippen molar-refractivity contribution in [1.82, 2.24) is 0 Å². The number of anilines is 2. The van der Waals surface area contributed by atoms with Gasteiger partial charge < -0.3 is 20.2 Å². The van der Waals surface area contributed by atoms with E-state index in [-0.39, 0.29) is 19.1 Å². The standard InChI is InChI=1S/C14H16N2O3/c1-10-8-11(9-19-10)14(18)16(6-7-17)13-5-3-2-4-12(13)15/h2-5,8-9,17H,6-7,15H2,1H3. The number of carbonyl (C=O) groups excluding carboxylic acids is 1. The molecule has 0 aliphatic rings. The van der Waals surface area contributed by atoms with Gasteiger partial charge in [-0.1, -0.05) is 12.1 Å². The summed E-state index contributed by atoms with van der Waals surface area (Å²) in [7, 11) is 0. The molecule has 0 atom stereocenters. The van der Waals surface area contributed by atoms with Crippen molar-refractivity contribution in [3.05, 3.63) is 47.9 Å². The Balaban J connectivity index is 2.35. The summed E-state index contributed by atoms with van der Waals surface area (Å²) in [5.41, 5.74) is 7.39. The Morgan fingerprint density at radius 1 is 1.42 bits per heavy atom. The van der Waals surface area contributed by atoms with Gasteiger partial charge in [-0.2, -0.15) is 0 Å². The van der Waals surface area contributed by atoms with Crippen molar-refractivity contribution >= 4 is 17.3 Å². The van der Waals surface area contributed by atoms with Crippen LogP contribution in [0.1, 0.15) is 16.1 Å². The first-order valence-electron chi connectivity index (χ1n) is 5.96. The van der Waals surface area contributed by atoms with E-state index in [0.717, 1.165) is 0 Å². The molecule has 100 valence electrons. The van der Waals surface area contributed by atoms with Gasteiger partial charge in [0.05, 0.1) is 23.5 Å². The molecule has 0 spiro atoms. The van der Waals surface area contributed by atoms with Crippen molar-refractivity contribution in [2.45, 2.75) is 6.92 Å². The molecule has 5 heteroatoms. The van der Waals surface area contributed by atoms with Gasteiger partial charge in [-0.15, -0.1) is 0 Å². The smallest absolute Gasteiger partial charge is 0.261 e. The molecule has 0 saturated heterocycles. The molecule has 0 bridgehead atoms. The fourth-order valence-electron chi connectivity index (χ4n) is 1.88. The summed E-state index contributed by atoms with van der Waals surface area (Å²) < 4.78 is 5.14. The Labute approximate surface area is 111 Å². The van der Waals surface area contributed by atoms with E-state index in [1.54, 1.807) is 37.3 Å². The Hall–Kier alpha value is -2.27.